The Bertz CT molecular complexity index is 824. The zero-order valence-corrected chi connectivity index (χ0v) is 15.2. The largest absolute Gasteiger partial charge is 0.470 e. The summed E-state index contributed by atoms with van der Waals surface area (Å²) in [5, 5.41) is 7.50. The normalized spacial score (nSPS) is 12.2. The monoisotopic (exact) mass is 421 g/mol. The minimum absolute atomic E-state index is 0.0161. The second-order valence-electron chi connectivity index (χ2n) is 5.02. The molecule has 6 nitrogen and oxygen atoms in total. The summed E-state index contributed by atoms with van der Waals surface area (Å²) in [5.41, 5.74) is 0.338. The van der Waals surface area contributed by atoms with Crippen molar-refractivity contribution < 1.29 is 21.9 Å². The molecule has 2 aromatic rings. The number of hydrogen-bond acceptors (Lipinski definition) is 6. The zero-order valence-electron chi connectivity index (χ0n) is 12.8. The number of rotatable bonds is 6. The van der Waals surface area contributed by atoms with Gasteiger partial charge in [-0.25, -0.2) is 17.2 Å². The predicted molar refractivity (Wildman–Crippen MR) is 86.8 cm³/mol. The molecular weight excluding hydrogens is 408 g/mol. The highest BCUT2D eigenvalue weighted by atomic mass is 79.9. The molecule has 2 rings (SSSR count). The average Bonchev–Trinajstić information content (AvgIpc) is 2.53. The fraction of sp³-hybridized carbons (Fsp3) is 0.357. The first-order valence-corrected chi connectivity index (χ1v) is 9.30. The second-order valence-corrected chi connectivity index (χ2v) is 8.18. The summed E-state index contributed by atoms with van der Waals surface area (Å²) in [4.78, 5) is 4.10. The number of nitrogens with zero attached hydrogens (tertiary/aromatic N) is 3. The first-order valence-electron chi connectivity index (χ1n) is 6.85. The van der Waals surface area contributed by atoms with E-state index in [2.05, 4.69) is 31.1 Å². The molecule has 0 aliphatic heterocycles. The molecule has 0 aliphatic rings. The van der Waals surface area contributed by atoms with Gasteiger partial charge in [-0.05, 0) is 28.1 Å². The number of sulfone groups is 1. The maximum Gasteiger partial charge on any atom is 0.278 e. The summed E-state index contributed by atoms with van der Waals surface area (Å²) in [6.45, 7) is 1.42. The summed E-state index contributed by atoms with van der Waals surface area (Å²) in [7, 11) is -3.53. The molecule has 24 heavy (non-hydrogen) atoms. The van der Waals surface area contributed by atoms with E-state index in [1.807, 2.05) is 0 Å². The molecule has 0 atom stereocenters. The number of hydrogen-bond donors (Lipinski definition) is 0. The quantitative estimate of drug-likeness (QED) is 0.712. The van der Waals surface area contributed by atoms with Crippen molar-refractivity contribution >= 4 is 25.8 Å². The van der Waals surface area contributed by atoms with Crippen LogP contribution in [0.4, 0.5) is 8.78 Å². The molecule has 0 saturated heterocycles. The molecule has 0 amide bonds. The topological polar surface area (TPSA) is 82.0 Å². The molecule has 2 heterocycles. The van der Waals surface area contributed by atoms with Crippen molar-refractivity contribution in [2.75, 3.05) is 12.4 Å². The molecular formula is C14H14BrF2N3O3S. The first kappa shape index (κ1) is 18.7. The second kappa shape index (κ2) is 7.06. The molecule has 0 aliphatic carbocycles. The highest BCUT2D eigenvalue weighted by molar-refractivity contribution is 9.10. The highest BCUT2D eigenvalue weighted by Crippen LogP contribution is 2.27. The summed E-state index contributed by atoms with van der Waals surface area (Å²) in [6.07, 6.45) is 1.44. The third kappa shape index (κ3) is 4.67. The molecule has 0 bridgehead atoms. The zero-order chi connectivity index (χ0) is 18.0. The molecule has 0 N–H and O–H groups in total. The molecule has 2 aromatic heterocycles. The van der Waals surface area contributed by atoms with Crippen LogP contribution in [0.3, 0.4) is 0 Å². The third-order valence-corrected chi connectivity index (χ3v) is 5.07. The van der Waals surface area contributed by atoms with Crippen LogP contribution in [0.1, 0.15) is 13.8 Å². The molecule has 0 aromatic carbocycles. The number of ether oxygens (including phenoxy) is 1. The van der Waals surface area contributed by atoms with E-state index in [1.54, 1.807) is 0 Å². The van der Waals surface area contributed by atoms with Crippen molar-refractivity contribution in [2.45, 2.75) is 24.7 Å². The summed E-state index contributed by atoms with van der Waals surface area (Å²) >= 11 is 3.19. The standard InChI is InChI=1S/C14H14BrF2N3O3S/c1-3-24(21,22)11-6-9(15)7-18-13(11)10-4-5-12(20-19-10)23-8-14(2,16)17/h4-7H,3,8H2,1-2H3. The lowest BCUT2D eigenvalue weighted by Crippen LogP contribution is -2.21. The fourth-order valence-electron chi connectivity index (χ4n) is 1.73. The predicted octanol–water partition coefficient (Wildman–Crippen LogP) is 3.13. The van der Waals surface area contributed by atoms with E-state index in [-0.39, 0.29) is 27.9 Å². The van der Waals surface area contributed by atoms with Crippen molar-refractivity contribution in [1.82, 2.24) is 15.2 Å². The van der Waals surface area contributed by atoms with Crippen LogP contribution >= 0.6 is 15.9 Å². The fourth-order valence-corrected chi connectivity index (χ4v) is 3.28. The number of pyridine rings is 1. The smallest absolute Gasteiger partial charge is 0.278 e. The van der Waals surface area contributed by atoms with Crippen LogP contribution in [0.25, 0.3) is 11.4 Å². The lowest BCUT2D eigenvalue weighted by molar-refractivity contribution is -0.0244. The van der Waals surface area contributed by atoms with Crippen LogP contribution < -0.4 is 4.74 Å². The first-order chi connectivity index (χ1) is 11.1. The lowest BCUT2D eigenvalue weighted by atomic mass is 10.2. The van der Waals surface area contributed by atoms with E-state index in [0.717, 1.165) is 6.92 Å². The Balaban J connectivity index is 2.36. The Morgan fingerprint density at radius 1 is 1.29 bits per heavy atom. The minimum Gasteiger partial charge on any atom is -0.470 e. The maximum absolute atomic E-state index is 12.8. The highest BCUT2D eigenvalue weighted by Gasteiger charge is 2.23. The lowest BCUT2D eigenvalue weighted by Gasteiger charge is -2.11. The van der Waals surface area contributed by atoms with Crippen LogP contribution in [-0.4, -0.2) is 41.9 Å². The van der Waals surface area contributed by atoms with Crippen molar-refractivity contribution in [3.8, 4) is 17.3 Å². The Morgan fingerprint density at radius 3 is 2.54 bits per heavy atom. The van der Waals surface area contributed by atoms with Gasteiger partial charge in [0.15, 0.2) is 16.4 Å². The van der Waals surface area contributed by atoms with Gasteiger partial charge in [-0.15, -0.1) is 10.2 Å². The van der Waals surface area contributed by atoms with E-state index in [0.29, 0.717) is 4.47 Å². The summed E-state index contributed by atoms with van der Waals surface area (Å²) in [6, 6.07) is 4.19. The van der Waals surface area contributed by atoms with Crippen LogP contribution in [-0.2, 0) is 9.84 Å². The van der Waals surface area contributed by atoms with Crippen LogP contribution in [0.15, 0.2) is 33.8 Å². The molecule has 0 radical (unpaired) electrons. The average molecular weight is 422 g/mol. The Labute approximate surface area is 146 Å². The summed E-state index contributed by atoms with van der Waals surface area (Å²) < 4.78 is 55.3. The Morgan fingerprint density at radius 2 is 2.00 bits per heavy atom. The van der Waals surface area contributed by atoms with Crippen molar-refractivity contribution in [2.24, 2.45) is 0 Å². The van der Waals surface area contributed by atoms with E-state index in [9.17, 15) is 17.2 Å². The van der Waals surface area contributed by atoms with Crippen molar-refractivity contribution in [3.63, 3.8) is 0 Å². The van der Waals surface area contributed by atoms with E-state index in [1.165, 1.54) is 31.3 Å². The third-order valence-electron chi connectivity index (χ3n) is 2.89. The van der Waals surface area contributed by atoms with Gasteiger partial charge in [0, 0.05) is 23.7 Å². The number of halogens is 3. The summed E-state index contributed by atoms with van der Waals surface area (Å²) in [5.74, 6) is -3.17. The van der Waals surface area contributed by atoms with Gasteiger partial charge in [-0.2, -0.15) is 0 Å². The van der Waals surface area contributed by atoms with E-state index in [4.69, 9.17) is 4.74 Å². The molecule has 0 spiro atoms. The maximum atomic E-state index is 12.8. The van der Waals surface area contributed by atoms with Gasteiger partial charge in [-0.3, -0.25) is 4.98 Å². The van der Waals surface area contributed by atoms with Gasteiger partial charge in [0.1, 0.15) is 11.4 Å². The Kier molecular flexibility index (Phi) is 5.49. The minimum atomic E-state index is -3.53. The van der Waals surface area contributed by atoms with Gasteiger partial charge in [0.25, 0.3) is 5.92 Å². The van der Waals surface area contributed by atoms with Gasteiger partial charge in [0.05, 0.1) is 10.6 Å². The van der Waals surface area contributed by atoms with Gasteiger partial charge in [-0.1, -0.05) is 6.92 Å². The van der Waals surface area contributed by atoms with Crippen molar-refractivity contribution in [1.29, 1.82) is 0 Å². The number of alkyl halides is 2. The molecule has 10 heteroatoms. The van der Waals surface area contributed by atoms with Gasteiger partial charge in [0.2, 0.25) is 5.88 Å². The van der Waals surface area contributed by atoms with Crippen LogP contribution in [0.5, 0.6) is 5.88 Å². The number of aromatic nitrogens is 3. The molecule has 0 unspecified atom stereocenters. The van der Waals surface area contributed by atoms with Crippen LogP contribution in [0.2, 0.25) is 0 Å². The Hall–Kier alpha value is -1.68. The van der Waals surface area contributed by atoms with E-state index < -0.39 is 22.4 Å². The van der Waals surface area contributed by atoms with E-state index >= 15 is 0 Å². The SMILES string of the molecule is CCS(=O)(=O)c1cc(Br)cnc1-c1ccc(OCC(C)(F)F)nn1. The molecule has 130 valence electrons. The molecule has 0 saturated carbocycles. The van der Waals surface area contributed by atoms with Crippen LogP contribution in [0, 0.1) is 0 Å². The van der Waals surface area contributed by atoms with Crippen molar-refractivity contribution in [3.05, 3.63) is 28.9 Å². The van der Waals surface area contributed by atoms with Gasteiger partial charge >= 0.3 is 0 Å². The molecule has 0 fully saturated rings. The van der Waals surface area contributed by atoms with Gasteiger partial charge < -0.3 is 4.74 Å².